The van der Waals surface area contributed by atoms with Crippen LogP contribution in [0.4, 0.5) is 0 Å². The molecule has 1 N–H and O–H groups in total. The fourth-order valence-corrected chi connectivity index (χ4v) is 5.04. The number of carbonyl (C=O) groups excluding carboxylic acids is 4. The Bertz CT molecular complexity index is 818. The number of nitrogens with one attached hydrogen (secondary N) is 1. The summed E-state index contributed by atoms with van der Waals surface area (Å²) in [6.45, 7) is 2.69. The first-order valence-corrected chi connectivity index (χ1v) is 9.83. The molecule has 2 aliphatic rings. The average Bonchev–Trinajstić information content (AvgIpc) is 2.99. The molecule has 9 nitrogen and oxygen atoms in total. The van der Waals surface area contributed by atoms with E-state index in [0.717, 1.165) is 0 Å². The van der Waals surface area contributed by atoms with Crippen molar-refractivity contribution in [1.82, 2.24) is 10.2 Å². The molecule has 2 fully saturated rings. The van der Waals surface area contributed by atoms with Crippen LogP contribution in [-0.2, 0) is 28.7 Å². The molecule has 0 bridgehead atoms. The van der Waals surface area contributed by atoms with Crippen molar-refractivity contribution in [3.63, 3.8) is 0 Å². The first kappa shape index (κ1) is 21.0. The summed E-state index contributed by atoms with van der Waals surface area (Å²) in [5.74, 6) is -1.38. The molecular weight excluding hydrogens is 400 g/mol. The Morgan fingerprint density at radius 2 is 1.93 bits per heavy atom. The molecule has 0 saturated carbocycles. The van der Waals surface area contributed by atoms with Gasteiger partial charge in [-0.1, -0.05) is 18.2 Å². The number of thioether (sulfide) groups is 1. The summed E-state index contributed by atoms with van der Waals surface area (Å²) >= 11 is 1.30. The molecule has 29 heavy (non-hydrogen) atoms. The number of para-hydroxylation sites is 1. The largest absolute Gasteiger partial charge is 0.484 e. The SMILES string of the molecule is COC(=O)C1N2C(=O)C(NC(=O)COc3ccccc3)C2SC1(C)COC(C)=O. The highest BCUT2D eigenvalue weighted by Crippen LogP contribution is 2.51. The highest BCUT2D eigenvalue weighted by molar-refractivity contribution is 8.01. The number of amides is 2. The van der Waals surface area contributed by atoms with Gasteiger partial charge in [-0.3, -0.25) is 14.4 Å². The minimum Gasteiger partial charge on any atom is -0.484 e. The molecule has 2 amide bonds. The maximum Gasteiger partial charge on any atom is 0.330 e. The van der Waals surface area contributed by atoms with Gasteiger partial charge in [0.2, 0.25) is 5.91 Å². The molecule has 10 heteroatoms. The topological polar surface area (TPSA) is 111 Å². The van der Waals surface area contributed by atoms with Crippen molar-refractivity contribution < 1.29 is 33.4 Å². The molecule has 1 aromatic carbocycles. The van der Waals surface area contributed by atoms with Crippen molar-refractivity contribution in [3.8, 4) is 5.75 Å². The van der Waals surface area contributed by atoms with Crippen LogP contribution in [-0.4, -0.2) is 71.2 Å². The molecule has 4 atom stereocenters. The van der Waals surface area contributed by atoms with E-state index in [2.05, 4.69) is 5.32 Å². The third-order valence-electron chi connectivity index (χ3n) is 4.74. The molecule has 2 aliphatic heterocycles. The average molecular weight is 422 g/mol. The van der Waals surface area contributed by atoms with Crippen LogP contribution in [0, 0.1) is 0 Å². The number of benzene rings is 1. The Labute approximate surface area is 172 Å². The Morgan fingerprint density at radius 3 is 2.55 bits per heavy atom. The van der Waals surface area contributed by atoms with Crippen LogP contribution in [0.2, 0.25) is 0 Å². The number of methoxy groups -OCH3 is 1. The summed E-state index contributed by atoms with van der Waals surface area (Å²) in [6.07, 6.45) is 0. The van der Waals surface area contributed by atoms with Crippen LogP contribution in [0.3, 0.4) is 0 Å². The molecular formula is C19H22N2O7S. The van der Waals surface area contributed by atoms with Gasteiger partial charge in [0, 0.05) is 6.92 Å². The number of carbonyl (C=O) groups is 4. The molecule has 2 saturated heterocycles. The van der Waals surface area contributed by atoms with Gasteiger partial charge >= 0.3 is 11.9 Å². The van der Waals surface area contributed by atoms with Gasteiger partial charge < -0.3 is 24.4 Å². The Balaban J connectivity index is 1.65. The molecule has 4 unspecified atom stereocenters. The van der Waals surface area contributed by atoms with Gasteiger partial charge in [0.1, 0.15) is 29.8 Å². The number of rotatable bonds is 7. The summed E-state index contributed by atoms with van der Waals surface area (Å²) in [7, 11) is 1.23. The quantitative estimate of drug-likeness (QED) is 0.494. The van der Waals surface area contributed by atoms with Crippen LogP contribution in [0.1, 0.15) is 13.8 Å². The predicted octanol–water partition coefficient (Wildman–Crippen LogP) is 0.329. The van der Waals surface area contributed by atoms with Crippen molar-refractivity contribution in [2.75, 3.05) is 20.3 Å². The maximum absolute atomic E-state index is 12.7. The van der Waals surface area contributed by atoms with Crippen molar-refractivity contribution in [2.24, 2.45) is 0 Å². The molecule has 0 aromatic heterocycles. The minimum atomic E-state index is -0.914. The third-order valence-corrected chi connectivity index (χ3v) is 6.36. The number of β-lactam (4-membered cyclic amide) rings is 1. The van der Waals surface area contributed by atoms with E-state index in [4.69, 9.17) is 14.2 Å². The summed E-state index contributed by atoms with van der Waals surface area (Å²) in [4.78, 5) is 49.8. The van der Waals surface area contributed by atoms with Crippen molar-refractivity contribution in [1.29, 1.82) is 0 Å². The van der Waals surface area contributed by atoms with E-state index in [1.807, 2.05) is 6.07 Å². The summed E-state index contributed by atoms with van der Waals surface area (Å²) in [5.41, 5.74) is 0. The van der Waals surface area contributed by atoms with E-state index in [1.54, 1.807) is 31.2 Å². The minimum absolute atomic E-state index is 0.0647. The lowest BCUT2D eigenvalue weighted by atomic mass is 9.95. The summed E-state index contributed by atoms with van der Waals surface area (Å²) in [5, 5.41) is 2.19. The molecule has 0 spiro atoms. The number of nitrogens with zero attached hydrogens (tertiary/aromatic N) is 1. The highest BCUT2D eigenvalue weighted by atomic mass is 32.2. The van der Waals surface area contributed by atoms with E-state index in [9.17, 15) is 19.2 Å². The highest BCUT2D eigenvalue weighted by Gasteiger charge is 2.66. The predicted molar refractivity (Wildman–Crippen MR) is 103 cm³/mol. The second-order valence-corrected chi connectivity index (χ2v) is 8.57. The fraction of sp³-hybridized carbons (Fsp3) is 0.474. The summed E-state index contributed by atoms with van der Waals surface area (Å²) < 4.78 is 14.5. The Hall–Kier alpha value is -2.75. The lowest BCUT2D eigenvalue weighted by Gasteiger charge is -2.43. The maximum atomic E-state index is 12.7. The Kier molecular flexibility index (Phi) is 6.02. The molecule has 2 heterocycles. The van der Waals surface area contributed by atoms with E-state index in [0.29, 0.717) is 5.75 Å². The van der Waals surface area contributed by atoms with Crippen molar-refractivity contribution in [3.05, 3.63) is 30.3 Å². The fourth-order valence-electron chi connectivity index (χ4n) is 3.37. The Morgan fingerprint density at radius 1 is 1.24 bits per heavy atom. The second-order valence-electron chi connectivity index (χ2n) is 6.92. The monoisotopic (exact) mass is 422 g/mol. The van der Waals surface area contributed by atoms with E-state index in [1.165, 1.54) is 30.7 Å². The number of esters is 2. The van der Waals surface area contributed by atoms with Crippen LogP contribution in [0.5, 0.6) is 5.75 Å². The summed E-state index contributed by atoms with van der Waals surface area (Å²) in [6, 6.07) is 7.13. The number of hydrogen-bond donors (Lipinski definition) is 1. The zero-order chi connectivity index (χ0) is 21.2. The zero-order valence-corrected chi connectivity index (χ0v) is 17.1. The molecule has 156 valence electrons. The van der Waals surface area contributed by atoms with Gasteiger partial charge in [0.25, 0.3) is 5.91 Å². The van der Waals surface area contributed by atoms with Crippen molar-refractivity contribution >= 4 is 35.5 Å². The van der Waals surface area contributed by atoms with Crippen molar-refractivity contribution in [2.45, 2.75) is 36.1 Å². The first-order chi connectivity index (χ1) is 13.8. The van der Waals surface area contributed by atoms with Crippen LogP contribution < -0.4 is 10.1 Å². The van der Waals surface area contributed by atoms with Gasteiger partial charge in [0.05, 0.1) is 11.9 Å². The van der Waals surface area contributed by atoms with Gasteiger partial charge in [-0.05, 0) is 19.1 Å². The van der Waals surface area contributed by atoms with E-state index >= 15 is 0 Å². The van der Waals surface area contributed by atoms with Gasteiger partial charge in [-0.25, -0.2) is 4.79 Å². The second kappa shape index (κ2) is 8.32. The van der Waals surface area contributed by atoms with Crippen LogP contribution >= 0.6 is 11.8 Å². The van der Waals surface area contributed by atoms with Crippen LogP contribution in [0.15, 0.2) is 30.3 Å². The normalized spacial score (nSPS) is 27.5. The third kappa shape index (κ3) is 4.16. The van der Waals surface area contributed by atoms with Crippen LogP contribution in [0.25, 0.3) is 0 Å². The molecule has 0 aliphatic carbocycles. The molecule has 0 radical (unpaired) electrons. The first-order valence-electron chi connectivity index (χ1n) is 8.95. The number of fused-ring (bicyclic) bond motifs is 1. The lowest BCUT2D eigenvalue weighted by molar-refractivity contribution is -0.164. The zero-order valence-electron chi connectivity index (χ0n) is 16.2. The van der Waals surface area contributed by atoms with E-state index < -0.39 is 46.0 Å². The number of hydrogen-bond acceptors (Lipinski definition) is 8. The number of ether oxygens (including phenoxy) is 3. The molecule has 3 rings (SSSR count). The smallest absolute Gasteiger partial charge is 0.330 e. The standard InChI is InChI=1S/C19H22N2O7S/c1-11(22)28-10-19(2)15(18(25)26-3)21-16(24)14(17(21)29-19)20-13(23)9-27-12-7-5-4-6-8-12/h4-8,14-15,17H,9-10H2,1-3H3,(H,20,23). The van der Waals surface area contributed by atoms with Gasteiger partial charge in [0.15, 0.2) is 6.61 Å². The molecule has 1 aromatic rings. The van der Waals surface area contributed by atoms with E-state index in [-0.39, 0.29) is 13.2 Å². The van der Waals surface area contributed by atoms with Gasteiger partial charge in [-0.2, -0.15) is 0 Å². The lowest BCUT2D eigenvalue weighted by Crippen LogP contribution is -2.71. The van der Waals surface area contributed by atoms with Gasteiger partial charge in [-0.15, -0.1) is 11.8 Å².